The molecule has 3 nitrogen and oxygen atoms in total. The van der Waals surface area contributed by atoms with Crippen LogP contribution in [0, 0.1) is 0 Å². The van der Waals surface area contributed by atoms with Gasteiger partial charge in [0, 0.05) is 12.9 Å². The fourth-order valence-electron chi connectivity index (χ4n) is 1.90. The Kier molecular flexibility index (Phi) is 3.56. The van der Waals surface area contributed by atoms with Crippen LogP contribution in [0.3, 0.4) is 0 Å². The lowest BCUT2D eigenvalue weighted by Crippen LogP contribution is -2.36. The van der Waals surface area contributed by atoms with Crippen molar-refractivity contribution in [2.45, 2.75) is 25.6 Å². The maximum Gasteiger partial charge on any atom is 0.401 e. The Labute approximate surface area is 104 Å². The van der Waals surface area contributed by atoms with Crippen LogP contribution in [0.25, 0.3) is 10.9 Å². The molecule has 100 valence electrons. The predicted octanol–water partition coefficient (Wildman–Crippen LogP) is 2.89. The number of fused-ring (bicyclic) bond motifs is 1. The van der Waals surface area contributed by atoms with Crippen molar-refractivity contribution in [3.05, 3.63) is 30.0 Å². The summed E-state index contributed by atoms with van der Waals surface area (Å²) in [6, 6.07) is 5.42. The molecule has 0 bridgehead atoms. The molecule has 0 aliphatic rings. The van der Waals surface area contributed by atoms with Crippen molar-refractivity contribution in [2.75, 3.05) is 6.54 Å². The Bertz CT molecular complexity index is 524. The van der Waals surface area contributed by atoms with Crippen LogP contribution in [0.5, 0.6) is 0 Å². The number of halogens is 3. The number of nitrogens with one attached hydrogen (secondary N) is 2. The summed E-state index contributed by atoms with van der Waals surface area (Å²) in [6.07, 6.45) is -1.94. The van der Waals surface area contributed by atoms with Gasteiger partial charge in [-0.3, -0.25) is 5.10 Å². The van der Waals surface area contributed by atoms with E-state index in [1.54, 1.807) is 13.1 Å². The van der Waals surface area contributed by atoms with E-state index in [-0.39, 0.29) is 7.47 Å². The molecule has 0 unspecified atom stereocenters. The molecular weight excluding hydrogens is 243 g/mol. The van der Waals surface area contributed by atoms with Crippen LogP contribution in [-0.4, -0.2) is 29.0 Å². The maximum absolute atomic E-state index is 12.1. The van der Waals surface area contributed by atoms with Crippen molar-refractivity contribution in [2.24, 2.45) is 0 Å². The molecule has 0 aliphatic carbocycles. The van der Waals surface area contributed by atoms with Gasteiger partial charge in [-0.25, -0.2) is 0 Å². The zero-order chi connectivity index (χ0) is 13.2. The summed E-state index contributed by atoms with van der Waals surface area (Å²) in [5.74, 6) is 0. The van der Waals surface area contributed by atoms with E-state index >= 15 is 0 Å². The highest BCUT2D eigenvalue weighted by molar-refractivity contribution is 5.81. The SMILES string of the molecule is C[C@H](Cc1cccc2[nH]ncc12)NCC(F)(F)F.[HH]. The maximum atomic E-state index is 12.1. The minimum Gasteiger partial charge on any atom is -0.306 e. The van der Waals surface area contributed by atoms with Crippen LogP contribution in [0.2, 0.25) is 0 Å². The van der Waals surface area contributed by atoms with Gasteiger partial charge in [0.1, 0.15) is 0 Å². The lowest BCUT2D eigenvalue weighted by molar-refractivity contribution is -0.126. The van der Waals surface area contributed by atoms with E-state index in [2.05, 4.69) is 15.5 Å². The molecule has 6 heteroatoms. The fraction of sp³-hybridized carbons (Fsp3) is 0.417. The Hall–Kier alpha value is -1.56. The third-order valence-corrected chi connectivity index (χ3v) is 2.75. The summed E-state index contributed by atoms with van der Waals surface area (Å²) < 4.78 is 36.2. The predicted molar refractivity (Wildman–Crippen MR) is 65.4 cm³/mol. The standard InChI is InChI=1S/C12H14F3N3.H2/c1-8(16-7-12(13,14)15)5-9-3-2-4-11-10(9)6-17-18-11;/h2-4,6,8,16H,5,7H2,1H3,(H,17,18);1H/t8-;/m1./s1. The first-order valence-corrected chi connectivity index (χ1v) is 5.67. The van der Waals surface area contributed by atoms with Crippen LogP contribution in [0.1, 0.15) is 13.9 Å². The first-order valence-electron chi connectivity index (χ1n) is 5.67. The number of hydrogen-bond donors (Lipinski definition) is 2. The minimum atomic E-state index is -4.17. The van der Waals surface area contributed by atoms with Gasteiger partial charge in [-0.05, 0) is 25.0 Å². The van der Waals surface area contributed by atoms with Gasteiger partial charge in [-0.2, -0.15) is 18.3 Å². The first-order chi connectivity index (χ1) is 8.46. The van der Waals surface area contributed by atoms with Gasteiger partial charge in [-0.15, -0.1) is 0 Å². The van der Waals surface area contributed by atoms with Gasteiger partial charge in [0.25, 0.3) is 0 Å². The largest absolute Gasteiger partial charge is 0.401 e. The number of aromatic nitrogens is 2. The van der Waals surface area contributed by atoms with Gasteiger partial charge in [0.15, 0.2) is 0 Å². The molecule has 2 rings (SSSR count). The molecule has 0 amide bonds. The topological polar surface area (TPSA) is 40.7 Å². The minimum absolute atomic E-state index is 0. The summed E-state index contributed by atoms with van der Waals surface area (Å²) in [6.45, 7) is 0.778. The number of hydrogen-bond acceptors (Lipinski definition) is 2. The smallest absolute Gasteiger partial charge is 0.306 e. The van der Waals surface area contributed by atoms with E-state index < -0.39 is 12.7 Å². The third kappa shape index (κ3) is 3.22. The number of nitrogens with zero attached hydrogens (tertiary/aromatic N) is 1. The van der Waals surface area contributed by atoms with Crippen LogP contribution >= 0.6 is 0 Å². The highest BCUT2D eigenvalue weighted by Crippen LogP contribution is 2.18. The van der Waals surface area contributed by atoms with Crippen molar-refractivity contribution in [3.8, 4) is 0 Å². The normalized spacial score (nSPS) is 14.0. The summed E-state index contributed by atoms with van der Waals surface area (Å²) >= 11 is 0. The van der Waals surface area contributed by atoms with Crippen LogP contribution in [0.4, 0.5) is 13.2 Å². The second-order valence-corrected chi connectivity index (χ2v) is 4.35. The van der Waals surface area contributed by atoms with Crippen molar-refractivity contribution < 1.29 is 14.6 Å². The average Bonchev–Trinajstić information content (AvgIpc) is 2.74. The number of H-pyrrole nitrogens is 1. The molecule has 2 N–H and O–H groups in total. The zero-order valence-electron chi connectivity index (χ0n) is 9.88. The lowest BCUT2D eigenvalue weighted by Gasteiger charge is -2.15. The van der Waals surface area contributed by atoms with E-state index in [1.165, 1.54) is 0 Å². The van der Waals surface area contributed by atoms with Crippen molar-refractivity contribution >= 4 is 10.9 Å². The highest BCUT2D eigenvalue weighted by Gasteiger charge is 2.27. The monoisotopic (exact) mass is 259 g/mol. The molecule has 0 saturated heterocycles. The molecule has 0 fully saturated rings. The summed E-state index contributed by atoms with van der Waals surface area (Å²) in [7, 11) is 0. The molecule has 1 heterocycles. The molecule has 1 atom stereocenters. The van der Waals surface area contributed by atoms with E-state index in [9.17, 15) is 13.2 Å². The van der Waals surface area contributed by atoms with Crippen LogP contribution in [0.15, 0.2) is 24.4 Å². The Morgan fingerprint density at radius 1 is 1.44 bits per heavy atom. The van der Waals surface area contributed by atoms with Gasteiger partial charge in [0.2, 0.25) is 0 Å². The zero-order valence-corrected chi connectivity index (χ0v) is 9.88. The van der Waals surface area contributed by atoms with Crippen LogP contribution < -0.4 is 5.32 Å². The molecule has 0 radical (unpaired) electrons. The fourth-order valence-corrected chi connectivity index (χ4v) is 1.90. The first kappa shape index (κ1) is 12.9. The Morgan fingerprint density at radius 2 is 2.22 bits per heavy atom. The van der Waals surface area contributed by atoms with E-state index in [0.717, 1.165) is 16.5 Å². The van der Waals surface area contributed by atoms with Crippen molar-refractivity contribution in [1.82, 2.24) is 15.5 Å². The molecule has 2 aromatic rings. The summed E-state index contributed by atoms with van der Waals surface area (Å²) in [5, 5.41) is 10.2. The van der Waals surface area contributed by atoms with E-state index in [0.29, 0.717) is 6.42 Å². The number of aromatic amines is 1. The Balaban J connectivity index is 0.00000180. The lowest BCUT2D eigenvalue weighted by atomic mass is 10.0. The van der Waals surface area contributed by atoms with Gasteiger partial charge in [0.05, 0.1) is 18.3 Å². The molecular formula is C12H16F3N3. The average molecular weight is 259 g/mol. The van der Waals surface area contributed by atoms with Crippen LogP contribution in [-0.2, 0) is 6.42 Å². The quantitative estimate of drug-likeness (QED) is 0.886. The molecule has 0 spiro atoms. The summed E-state index contributed by atoms with van der Waals surface area (Å²) in [4.78, 5) is 0. The number of alkyl halides is 3. The molecule has 0 aliphatic heterocycles. The van der Waals surface area contributed by atoms with Crippen molar-refractivity contribution in [3.63, 3.8) is 0 Å². The molecule has 0 saturated carbocycles. The van der Waals surface area contributed by atoms with E-state index in [4.69, 9.17) is 0 Å². The second kappa shape index (κ2) is 4.97. The molecule has 18 heavy (non-hydrogen) atoms. The molecule has 1 aromatic carbocycles. The number of benzene rings is 1. The third-order valence-electron chi connectivity index (χ3n) is 2.75. The molecule has 1 aromatic heterocycles. The van der Waals surface area contributed by atoms with Crippen molar-refractivity contribution in [1.29, 1.82) is 0 Å². The summed E-state index contributed by atoms with van der Waals surface area (Å²) in [5.41, 5.74) is 1.89. The second-order valence-electron chi connectivity index (χ2n) is 4.35. The number of rotatable bonds is 4. The van der Waals surface area contributed by atoms with Gasteiger partial charge >= 0.3 is 6.18 Å². The van der Waals surface area contributed by atoms with E-state index in [1.807, 2.05) is 18.2 Å². The Morgan fingerprint density at radius 3 is 2.94 bits per heavy atom. The highest BCUT2D eigenvalue weighted by atomic mass is 19.4. The van der Waals surface area contributed by atoms with Gasteiger partial charge < -0.3 is 5.32 Å². The van der Waals surface area contributed by atoms with Gasteiger partial charge in [-0.1, -0.05) is 12.1 Å².